The van der Waals surface area contributed by atoms with Crippen LogP contribution in [0.15, 0.2) is 30.3 Å². The van der Waals surface area contributed by atoms with Gasteiger partial charge >= 0.3 is 0 Å². The quantitative estimate of drug-likeness (QED) is 0.302. The highest BCUT2D eigenvalue weighted by molar-refractivity contribution is 6.09. The minimum absolute atomic E-state index is 0.0302. The molecular formula is C32H42O5. The summed E-state index contributed by atoms with van der Waals surface area (Å²) in [7, 11) is 0. The summed E-state index contributed by atoms with van der Waals surface area (Å²) >= 11 is 0. The van der Waals surface area contributed by atoms with Crippen molar-refractivity contribution in [2.75, 3.05) is 6.61 Å². The zero-order chi connectivity index (χ0) is 27.0. The van der Waals surface area contributed by atoms with Crippen LogP contribution in [0.3, 0.4) is 0 Å². The van der Waals surface area contributed by atoms with Gasteiger partial charge in [0.15, 0.2) is 5.78 Å². The number of benzene rings is 2. The number of aromatic hydroxyl groups is 1. The van der Waals surface area contributed by atoms with Crippen molar-refractivity contribution in [3.8, 4) is 17.2 Å². The molecule has 0 aliphatic carbocycles. The lowest BCUT2D eigenvalue weighted by atomic mass is 9.88. The van der Waals surface area contributed by atoms with Crippen molar-refractivity contribution < 1.29 is 24.1 Å². The van der Waals surface area contributed by atoms with Gasteiger partial charge in [0.05, 0.1) is 11.2 Å². The molecule has 2 heterocycles. The van der Waals surface area contributed by atoms with Gasteiger partial charge < -0.3 is 19.3 Å². The molecule has 0 saturated heterocycles. The average Bonchev–Trinajstić information content (AvgIpc) is 2.80. The Labute approximate surface area is 221 Å². The Morgan fingerprint density at radius 1 is 1.08 bits per heavy atom. The molecule has 0 spiro atoms. The predicted octanol–water partition coefficient (Wildman–Crippen LogP) is 7.24. The van der Waals surface area contributed by atoms with Gasteiger partial charge in [0.1, 0.15) is 28.5 Å². The first-order valence-corrected chi connectivity index (χ1v) is 13.5. The Morgan fingerprint density at radius 3 is 2.51 bits per heavy atom. The second kappa shape index (κ2) is 10.2. The molecule has 5 heteroatoms. The van der Waals surface area contributed by atoms with Crippen LogP contribution < -0.4 is 9.47 Å². The third-order valence-corrected chi connectivity index (χ3v) is 7.47. The van der Waals surface area contributed by atoms with Gasteiger partial charge in [-0.05, 0) is 134 Å². The normalized spacial score (nSPS) is 18.0. The second-order valence-electron chi connectivity index (χ2n) is 12.2. The monoisotopic (exact) mass is 506 g/mol. The number of ether oxygens (including phenoxy) is 3. The van der Waals surface area contributed by atoms with Gasteiger partial charge in [-0.2, -0.15) is 0 Å². The maximum absolute atomic E-state index is 13.1. The summed E-state index contributed by atoms with van der Waals surface area (Å²) in [6.45, 7) is 15.3. The summed E-state index contributed by atoms with van der Waals surface area (Å²) in [4.78, 5) is 13.1. The number of fused-ring (bicyclic) bond motifs is 2. The van der Waals surface area contributed by atoms with E-state index in [1.807, 2.05) is 26.8 Å². The van der Waals surface area contributed by atoms with E-state index in [0.29, 0.717) is 29.9 Å². The molecule has 0 aromatic heterocycles. The van der Waals surface area contributed by atoms with Crippen LogP contribution in [0, 0.1) is 0 Å². The molecule has 37 heavy (non-hydrogen) atoms. The van der Waals surface area contributed by atoms with Crippen LogP contribution in [0.2, 0.25) is 0 Å². The second-order valence-corrected chi connectivity index (χ2v) is 12.2. The highest BCUT2D eigenvalue weighted by Gasteiger charge is 2.31. The Bertz CT molecular complexity index is 1200. The Balaban J connectivity index is 1.60. The van der Waals surface area contributed by atoms with Crippen molar-refractivity contribution in [1.82, 2.24) is 0 Å². The van der Waals surface area contributed by atoms with Gasteiger partial charge in [-0.3, -0.25) is 4.79 Å². The molecule has 0 fully saturated rings. The van der Waals surface area contributed by atoms with Crippen LogP contribution in [0.4, 0.5) is 0 Å². The fraction of sp³-hybridized carbons (Fsp3) is 0.531. The van der Waals surface area contributed by atoms with E-state index in [2.05, 4.69) is 39.8 Å². The highest BCUT2D eigenvalue weighted by Crippen LogP contribution is 2.41. The van der Waals surface area contributed by atoms with Gasteiger partial charge in [0.25, 0.3) is 0 Å². The fourth-order valence-corrected chi connectivity index (χ4v) is 5.23. The number of phenols is 1. The van der Waals surface area contributed by atoms with Gasteiger partial charge in [-0.15, -0.1) is 0 Å². The van der Waals surface area contributed by atoms with Crippen molar-refractivity contribution in [3.05, 3.63) is 58.2 Å². The fourth-order valence-electron chi connectivity index (χ4n) is 5.23. The summed E-state index contributed by atoms with van der Waals surface area (Å²) in [6.07, 6.45) is 8.43. The van der Waals surface area contributed by atoms with Crippen molar-refractivity contribution in [2.24, 2.45) is 0 Å². The van der Waals surface area contributed by atoms with Crippen molar-refractivity contribution in [3.63, 3.8) is 0 Å². The number of ketones is 1. The van der Waals surface area contributed by atoms with Gasteiger partial charge in [0, 0.05) is 12.2 Å². The minimum atomic E-state index is -0.272. The number of rotatable bonds is 8. The molecule has 2 aromatic rings. The van der Waals surface area contributed by atoms with E-state index in [9.17, 15) is 9.90 Å². The molecule has 0 unspecified atom stereocenters. The summed E-state index contributed by atoms with van der Waals surface area (Å²) < 4.78 is 18.4. The SMILES string of the molecule is CCOC(C)(C)CCc1cc(/C=C/C(=O)c2ccc3c(c2O)CCC(C)(C)O3)cc2c1OC(C)(C)CC2. The molecule has 0 atom stereocenters. The lowest BCUT2D eigenvalue weighted by Crippen LogP contribution is -2.33. The number of carbonyl (C=O) groups excluding carboxylic acids is 1. The van der Waals surface area contributed by atoms with E-state index in [1.165, 1.54) is 5.56 Å². The van der Waals surface area contributed by atoms with E-state index >= 15 is 0 Å². The maximum atomic E-state index is 13.1. The van der Waals surface area contributed by atoms with E-state index in [4.69, 9.17) is 14.2 Å². The first-order chi connectivity index (χ1) is 17.3. The molecule has 0 radical (unpaired) electrons. The van der Waals surface area contributed by atoms with Crippen molar-refractivity contribution >= 4 is 11.9 Å². The maximum Gasteiger partial charge on any atom is 0.189 e. The molecule has 5 nitrogen and oxygen atoms in total. The summed E-state index contributed by atoms with van der Waals surface area (Å²) in [5.41, 5.74) is 3.60. The summed E-state index contributed by atoms with van der Waals surface area (Å²) in [5, 5.41) is 10.9. The molecule has 2 aliphatic heterocycles. The van der Waals surface area contributed by atoms with E-state index in [-0.39, 0.29) is 28.3 Å². The smallest absolute Gasteiger partial charge is 0.189 e. The number of hydrogen-bond donors (Lipinski definition) is 1. The lowest BCUT2D eigenvalue weighted by molar-refractivity contribution is -0.0160. The molecule has 4 rings (SSSR count). The summed E-state index contributed by atoms with van der Waals surface area (Å²) in [5.74, 6) is 1.44. The molecule has 2 aliphatic rings. The van der Waals surface area contributed by atoms with Crippen LogP contribution in [-0.4, -0.2) is 34.3 Å². The van der Waals surface area contributed by atoms with Crippen LogP contribution in [0.25, 0.3) is 6.08 Å². The average molecular weight is 507 g/mol. The molecule has 0 amide bonds. The zero-order valence-corrected chi connectivity index (χ0v) is 23.5. The van der Waals surface area contributed by atoms with E-state index in [0.717, 1.165) is 49.0 Å². The Kier molecular flexibility index (Phi) is 7.49. The molecule has 1 N–H and O–H groups in total. The number of allylic oxidation sites excluding steroid dienone is 1. The third-order valence-electron chi connectivity index (χ3n) is 7.47. The Hall–Kier alpha value is -2.79. The molecule has 2 aromatic carbocycles. The van der Waals surface area contributed by atoms with Gasteiger partial charge in [-0.1, -0.05) is 6.08 Å². The van der Waals surface area contributed by atoms with Crippen LogP contribution in [-0.2, 0) is 24.0 Å². The third kappa shape index (κ3) is 6.38. The standard InChI is InChI=1S/C32H42O5/c1-8-35-30(2,3)16-13-22-19-21(20-23-14-17-32(6,7)37-29(22)23)9-11-26(33)24-10-12-27-25(28(24)34)15-18-31(4,5)36-27/h9-12,19-20,34H,8,13-18H2,1-7H3/b11-9+. The highest BCUT2D eigenvalue weighted by atomic mass is 16.5. The number of carbonyl (C=O) groups is 1. The molecule has 0 bridgehead atoms. The van der Waals surface area contributed by atoms with Crippen LogP contribution in [0.5, 0.6) is 17.2 Å². The summed E-state index contributed by atoms with van der Waals surface area (Å²) in [6, 6.07) is 7.70. The lowest BCUT2D eigenvalue weighted by Gasteiger charge is -2.35. The van der Waals surface area contributed by atoms with E-state index < -0.39 is 0 Å². The molecule has 200 valence electrons. The predicted molar refractivity (Wildman–Crippen MR) is 148 cm³/mol. The van der Waals surface area contributed by atoms with Gasteiger partial charge in [0.2, 0.25) is 0 Å². The first-order valence-electron chi connectivity index (χ1n) is 13.5. The van der Waals surface area contributed by atoms with E-state index in [1.54, 1.807) is 18.2 Å². The molecule has 0 saturated carbocycles. The zero-order valence-electron chi connectivity index (χ0n) is 23.5. The van der Waals surface area contributed by atoms with Crippen LogP contribution >= 0.6 is 0 Å². The first kappa shape index (κ1) is 27.3. The van der Waals surface area contributed by atoms with Crippen molar-refractivity contribution in [2.45, 2.75) is 104 Å². The minimum Gasteiger partial charge on any atom is -0.507 e. The number of hydrogen-bond acceptors (Lipinski definition) is 5. The number of phenolic OH excluding ortho intramolecular Hbond substituents is 1. The molecular weight excluding hydrogens is 464 g/mol. The van der Waals surface area contributed by atoms with Crippen LogP contribution in [0.1, 0.15) is 100 Å². The number of aryl methyl sites for hydroxylation is 2. The van der Waals surface area contributed by atoms with Crippen molar-refractivity contribution in [1.29, 1.82) is 0 Å². The largest absolute Gasteiger partial charge is 0.507 e. The van der Waals surface area contributed by atoms with Gasteiger partial charge in [-0.25, -0.2) is 0 Å². The topological polar surface area (TPSA) is 65.0 Å². The Morgan fingerprint density at radius 2 is 1.78 bits per heavy atom.